The van der Waals surface area contributed by atoms with E-state index in [0.717, 1.165) is 23.6 Å². The van der Waals surface area contributed by atoms with Gasteiger partial charge >= 0.3 is 0 Å². The van der Waals surface area contributed by atoms with Crippen LogP contribution in [0.15, 0.2) is 29.3 Å². The van der Waals surface area contributed by atoms with Gasteiger partial charge in [0.05, 0.1) is 18.9 Å². The topological polar surface area (TPSA) is 102 Å². The number of carbonyl (C=O) groups excluding carboxylic acids is 1. The molecule has 3 heterocycles. The second-order valence-corrected chi connectivity index (χ2v) is 5.38. The van der Waals surface area contributed by atoms with Gasteiger partial charge < -0.3 is 15.0 Å². The van der Waals surface area contributed by atoms with Gasteiger partial charge in [-0.3, -0.25) is 9.59 Å². The number of aromatic nitrogens is 4. The first-order valence-electron chi connectivity index (χ1n) is 7.61. The van der Waals surface area contributed by atoms with Crippen molar-refractivity contribution < 1.29 is 9.53 Å². The smallest absolute Gasteiger partial charge is 0.267 e. The van der Waals surface area contributed by atoms with Crippen LogP contribution in [-0.4, -0.2) is 52.0 Å². The molecule has 1 aliphatic heterocycles. The summed E-state index contributed by atoms with van der Waals surface area (Å²) in [6, 6.07) is 4.70. The lowest BCUT2D eigenvalue weighted by Gasteiger charge is -2.27. The Bertz CT molecular complexity index is 785. The van der Waals surface area contributed by atoms with Gasteiger partial charge in [0.15, 0.2) is 0 Å². The van der Waals surface area contributed by atoms with Crippen LogP contribution in [0.2, 0.25) is 0 Å². The molecule has 9 nitrogen and oxygen atoms in total. The van der Waals surface area contributed by atoms with Crippen LogP contribution in [0.1, 0.15) is 5.69 Å². The number of nitrogens with zero attached hydrogens (tertiary/aromatic N) is 5. The molecule has 24 heavy (non-hydrogen) atoms. The fourth-order valence-corrected chi connectivity index (χ4v) is 2.36. The first kappa shape index (κ1) is 16.1. The Morgan fingerprint density at radius 3 is 2.88 bits per heavy atom. The van der Waals surface area contributed by atoms with E-state index in [-0.39, 0.29) is 18.0 Å². The van der Waals surface area contributed by atoms with Crippen LogP contribution in [0.4, 0.5) is 11.6 Å². The Hall–Kier alpha value is -2.81. The van der Waals surface area contributed by atoms with Crippen molar-refractivity contribution in [2.24, 2.45) is 0 Å². The second-order valence-electron chi connectivity index (χ2n) is 5.38. The largest absolute Gasteiger partial charge is 0.378 e. The molecule has 1 fully saturated rings. The van der Waals surface area contributed by atoms with Crippen molar-refractivity contribution in [3.63, 3.8) is 0 Å². The predicted octanol–water partition coefficient (Wildman–Crippen LogP) is -0.183. The maximum absolute atomic E-state index is 12.1. The molecular formula is C15H18N6O3. The lowest BCUT2D eigenvalue weighted by atomic mass is 10.4. The summed E-state index contributed by atoms with van der Waals surface area (Å²) in [5, 5.41) is 6.70. The van der Waals surface area contributed by atoms with Gasteiger partial charge in [0, 0.05) is 25.2 Å². The number of amides is 1. The molecule has 126 valence electrons. The summed E-state index contributed by atoms with van der Waals surface area (Å²) < 4.78 is 6.43. The van der Waals surface area contributed by atoms with E-state index in [9.17, 15) is 9.59 Å². The zero-order chi connectivity index (χ0) is 16.9. The summed E-state index contributed by atoms with van der Waals surface area (Å²) in [6.45, 7) is 4.37. The fraction of sp³-hybridized carbons (Fsp3) is 0.400. The highest BCUT2D eigenvalue weighted by atomic mass is 16.5. The Labute approximate surface area is 138 Å². The van der Waals surface area contributed by atoms with Crippen molar-refractivity contribution in [1.82, 2.24) is 19.7 Å². The Morgan fingerprint density at radius 2 is 2.08 bits per heavy atom. The minimum atomic E-state index is -0.373. The molecule has 2 aromatic rings. The van der Waals surface area contributed by atoms with Crippen LogP contribution < -0.4 is 15.8 Å². The number of ether oxygens (including phenoxy) is 1. The standard InChI is InChI=1S/C15H18N6O3/c1-11-2-3-15(23)21(19-11)9-14(22)18-12-8-13(17-10-16-12)20-4-6-24-7-5-20/h2-3,8,10H,4-7,9H2,1H3,(H,16,17,18,22). The normalized spacial score (nSPS) is 14.5. The van der Waals surface area contributed by atoms with Crippen LogP contribution >= 0.6 is 0 Å². The van der Waals surface area contributed by atoms with Crippen molar-refractivity contribution in [2.75, 3.05) is 36.5 Å². The first-order chi connectivity index (χ1) is 11.6. The number of anilines is 2. The highest BCUT2D eigenvalue weighted by molar-refractivity contribution is 5.89. The molecule has 0 aliphatic carbocycles. The van der Waals surface area contributed by atoms with Crippen LogP contribution in [0.25, 0.3) is 0 Å². The first-order valence-corrected chi connectivity index (χ1v) is 7.61. The molecule has 0 aromatic carbocycles. The SMILES string of the molecule is Cc1ccc(=O)n(CC(=O)Nc2cc(N3CCOCC3)ncn2)n1. The highest BCUT2D eigenvalue weighted by Gasteiger charge is 2.14. The third kappa shape index (κ3) is 3.93. The molecule has 1 aliphatic rings. The van der Waals surface area contributed by atoms with Crippen molar-refractivity contribution in [1.29, 1.82) is 0 Å². The van der Waals surface area contributed by atoms with Crippen LogP contribution in [0.3, 0.4) is 0 Å². The third-order valence-corrected chi connectivity index (χ3v) is 3.55. The summed E-state index contributed by atoms with van der Waals surface area (Å²) in [6.07, 6.45) is 1.40. The number of hydrogen-bond donors (Lipinski definition) is 1. The van der Waals surface area contributed by atoms with Crippen molar-refractivity contribution >= 4 is 17.5 Å². The monoisotopic (exact) mass is 330 g/mol. The summed E-state index contributed by atoms with van der Waals surface area (Å²) >= 11 is 0. The quantitative estimate of drug-likeness (QED) is 0.829. The van der Waals surface area contributed by atoms with E-state index < -0.39 is 0 Å². The van der Waals surface area contributed by atoms with E-state index >= 15 is 0 Å². The Morgan fingerprint density at radius 1 is 1.29 bits per heavy atom. The third-order valence-electron chi connectivity index (χ3n) is 3.55. The van der Waals surface area contributed by atoms with E-state index in [4.69, 9.17) is 4.74 Å². The van der Waals surface area contributed by atoms with Gasteiger partial charge in [-0.1, -0.05) is 0 Å². The van der Waals surface area contributed by atoms with Crippen molar-refractivity contribution in [3.8, 4) is 0 Å². The van der Waals surface area contributed by atoms with Gasteiger partial charge in [-0.15, -0.1) is 0 Å². The van der Waals surface area contributed by atoms with E-state index in [1.807, 2.05) is 0 Å². The highest BCUT2D eigenvalue weighted by Crippen LogP contribution is 2.15. The minimum Gasteiger partial charge on any atom is -0.378 e. The number of morpholine rings is 1. The molecule has 0 unspecified atom stereocenters. The second kappa shape index (κ2) is 7.18. The lowest BCUT2D eigenvalue weighted by molar-refractivity contribution is -0.117. The summed E-state index contributed by atoms with van der Waals surface area (Å²) in [7, 11) is 0. The van der Waals surface area contributed by atoms with Gasteiger partial charge in [0.25, 0.3) is 5.56 Å². The molecule has 0 radical (unpaired) electrons. The average Bonchev–Trinajstić information content (AvgIpc) is 2.59. The summed E-state index contributed by atoms with van der Waals surface area (Å²) in [4.78, 5) is 34.2. The van der Waals surface area contributed by atoms with Crippen LogP contribution in [0, 0.1) is 6.92 Å². The maximum Gasteiger partial charge on any atom is 0.267 e. The molecule has 1 N–H and O–H groups in total. The van der Waals surface area contributed by atoms with E-state index in [0.29, 0.717) is 24.7 Å². The molecule has 0 bridgehead atoms. The number of hydrogen-bond acceptors (Lipinski definition) is 7. The summed E-state index contributed by atoms with van der Waals surface area (Å²) in [5.41, 5.74) is 0.339. The lowest BCUT2D eigenvalue weighted by Crippen LogP contribution is -2.36. The molecule has 1 saturated heterocycles. The maximum atomic E-state index is 12.1. The molecular weight excluding hydrogens is 312 g/mol. The zero-order valence-electron chi connectivity index (χ0n) is 13.3. The van der Waals surface area contributed by atoms with Crippen LogP contribution in [-0.2, 0) is 16.1 Å². The minimum absolute atomic E-state index is 0.169. The Balaban J connectivity index is 1.68. The number of carbonyl (C=O) groups is 1. The van der Waals surface area contributed by atoms with E-state index in [2.05, 4.69) is 25.3 Å². The number of aryl methyl sites for hydroxylation is 1. The van der Waals surface area contributed by atoms with Gasteiger partial charge in [-0.25, -0.2) is 14.6 Å². The summed E-state index contributed by atoms with van der Waals surface area (Å²) in [5.74, 6) is 0.744. The van der Waals surface area contributed by atoms with E-state index in [1.165, 1.54) is 12.4 Å². The molecule has 9 heteroatoms. The van der Waals surface area contributed by atoms with Gasteiger partial charge in [-0.05, 0) is 13.0 Å². The van der Waals surface area contributed by atoms with Gasteiger partial charge in [0.1, 0.15) is 24.5 Å². The zero-order valence-corrected chi connectivity index (χ0v) is 13.3. The predicted molar refractivity (Wildman–Crippen MR) is 86.9 cm³/mol. The van der Waals surface area contributed by atoms with Crippen LogP contribution in [0.5, 0.6) is 0 Å². The average molecular weight is 330 g/mol. The van der Waals surface area contributed by atoms with Gasteiger partial charge in [-0.2, -0.15) is 5.10 Å². The van der Waals surface area contributed by atoms with Crippen molar-refractivity contribution in [3.05, 3.63) is 40.6 Å². The number of nitrogens with one attached hydrogen (secondary N) is 1. The van der Waals surface area contributed by atoms with E-state index in [1.54, 1.807) is 19.1 Å². The number of rotatable bonds is 4. The molecule has 2 aromatic heterocycles. The fourth-order valence-electron chi connectivity index (χ4n) is 2.36. The molecule has 1 amide bonds. The Kier molecular flexibility index (Phi) is 4.80. The molecule has 0 spiro atoms. The van der Waals surface area contributed by atoms with Gasteiger partial charge in [0.2, 0.25) is 5.91 Å². The molecule has 3 rings (SSSR count). The molecule has 0 saturated carbocycles. The molecule has 0 atom stereocenters. The van der Waals surface area contributed by atoms with Crippen molar-refractivity contribution in [2.45, 2.75) is 13.5 Å².